The van der Waals surface area contributed by atoms with Crippen LogP contribution < -0.4 is 4.90 Å². The maximum Gasteiger partial charge on any atom is 0.401 e. The van der Waals surface area contributed by atoms with Gasteiger partial charge in [-0.3, -0.25) is 4.90 Å². The molecule has 0 aliphatic carbocycles. The zero-order valence-electron chi connectivity index (χ0n) is 12.5. The minimum atomic E-state index is -4.17. The summed E-state index contributed by atoms with van der Waals surface area (Å²) in [5.74, 6) is 0.741. The summed E-state index contributed by atoms with van der Waals surface area (Å²) in [5, 5.41) is 1.44. The van der Waals surface area contributed by atoms with Crippen LogP contribution in [0.4, 0.5) is 19.0 Å². The fourth-order valence-corrected chi connectivity index (χ4v) is 3.09. The average molecular weight is 345 g/mol. The standard InChI is InChI=1S/C15H16ClF3N4/c1-10-7-22(4-5-23(10)8-15(17,18)19)14-12-3-2-11(16)6-13(12)20-9-21-14/h2-3,6,9-10H,4-5,7-8H2,1H3. The van der Waals surface area contributed by atoms with Crippen molar-refractivity contribution in [3.05, 3.63) is 29.5 Å². The lowest BCUT2D eigenvalue weighted by atomic mass is 10.1. The molecule has 23 heavy (non-hydrogen) atoms. The van der Waals surface area contributed by atoms with Gasteiger partial charge in [-0.2, -0.15) is 13.2 Å². The summed E-state index contributed by atoms with van der Waals surface area (Å²) >= 11 is 5.97. The van der Waals surface area contributed by atoms with Crippen LogP contribution in [0.3, 0.4) is 0 Å². The number of aromatic nitrogens is 2. The van der Waals surface area contributed by atoms with E-state index in [1.807, 2.05) is 11.0 Å². The highest BCUT2D eigenvalue weighted by Gasteiger charge is 2.35. The summed E-state index contributed by atoms with van der Waals surface area (Å²) in [6.45, 7) is 2.26. The van der Waals surface area contributed by atoms with E-state index in [0.717, 1.165) is 16.7 Å². The van der Waals surface area contributed by atoms with Crippen LogP contribution in [0.1, 0.15) is 6.92 Å². The number of piperazine rings is 1. The zero-order valence-corrected chi connectivity index (χ0v) is 13.3. The topological polar surface area (TPSA) is 32.3 Å². The Labute approximate surface area is 136 Å². The van der Waals surface area contributed by atoms with Crippen LogP contribution in [0.15, 0.2) is 24.5 Å². The second kappa shape index (κ2) is 6.13. The Bertz CT molecular complexity index is 707. The Morgan fingerprint density at radius 3 is 2.74 bits per heavy atom. The molecular weight excluding hydrogens is 329 g/mol. The Balaban J connectivity index is 1.82. The van der Waals surface area contributed by atoms with Crippen molar-refractivity contribution in [3.63, 3.8) is 0 Å². The lowest BCUT2D eigenvalue weighted by Crippen LogP contribution is -2.54. The van der Waals surface area contributed by atoms with Crippen molar-refractivity contribution >= 4 is 28.3 Å². The van der Waals surface area contributed by atoms with Crippen LogP contribution in [0, 0.1) is 0 Å². The number of fused-ring (bicyclic) bond motifs is 1. The Hall–Kier alpha value is -1.60. The van der Waals surface area contributed by atoms with Gasteiger partial charge in [-0.05, 0) is 25.1 Å². The zero-order chi connectivity index (χ0) is 16.6. The molecule has 8 heteroatoms. The number of nitrogens with zero attached hydrogens (tertiary/aromatic N) is 4. The molecule has 1 aromatic heterocycles. The van der Waals surface area contributed by atoms with E-state index in [0.29, 0.717) is 24.7 Å². The molecule has 0 bridgehead atoms. The minimum absolute atomic E-state index is 0.206. The molecule has 1 aliphatic heterocycles. The van der Waals surface area contributed by atoms with E-state index >= 15 is 0 Å². The molecule has 1 saturated heterocycles. The molecule has 124 valence electrons. The number of hydrogen-bond donors (Lipinski definition) is 0. The van der Waals surface area contributed by atoms with Crippen molar-refractivity contribution in [2.45, 2.75) is 19.1 Å². The molecule has 1 atom stereocenters. The van der Waals surface area contributed by atoms with Crippen LogP contribution in [-0.2, 0) is 0 Å². The van der Waals surface area contributed by atoms with Gasteiger partial charge in [0.25, 0.3) is 0 Å². The lowest BCUT2D eigenvalue weighted by Gasteiger charge is -2.40. The first-order valence-electron chi connectivity index (χ1n) is 7.29. The van der Waals surface area contributed by atoms with E-state index in [-0.39, 0.29) is 6.04 Å². The molecule has 1 fully saturated rings. The van der Waals surface area contributed by atoms with Crippen LogP contribution in [0.5, 0.6) is 0 Å². The number of hydrogen-bond acceptors (Lipinski definition) is 4. The lowest BCUT2D eigenvalue weighted by molar-refractivity contribution is -0.150. The van der Waals surface area contributed by atoms with Crippen molar-refractivity contribution in [3.8, 4) is 0 Å². The molecule has 4 nitrogen and oxygen atoms in total. The largest absolute Gasteiger partial charge is 0.401 e. The van der Waals surface area contributed by atoms with Crippen LogP contribution in [0.2, 0.25) is 5.02 Å². The summed E-state index contributed by atoms with van der Waals surface area (Å²) in [6, 6.07) is 5.16. The van der Waals surface area contributed by atoms with E-state index in [4.69, 9.17) is 11.6 Å². The predicted molar refractivity (Wildman–Crippen MR) is 83.9 cm³/mol. The Kier molecular flexibility index (Phi) is 4.33. The van der Waals surface area contributed by atoms with E-state index in [1.54, 1.807) is 19.1 Å². The number of alkyl halides is 3. The molecule has 0 N–H and O–H groups in total. The maximum atomic E-state index is 12.6. The van der Waals surface area contributed by atoms with Gasteiger partial charge in [0, 0.05) is 36.1 Å². The minimum Gasteiger partial charge on any atom is -0.353 e. The fourth-order valence-electron chi connectivity index (χ4n) is 2.92. The third-order valence-electron chi connectivity index (χ3n) is 4.02. The quantitative estimate of drug-likeness (QED) is 0.836. The molecule has 3 rings (SSSR count). The van der Waals surface area contributed by atoms with E-state index < -0.39 is 12.7 Å². The third-order valence-corrected chi connectivity index (χ3v) is 4.26. The monoisotopic (exact) mass is 344 g/mol. The summed E-state index contributed by atoms with van der Waals surface area (Å²) < 4.78 is 37.8. The Morgan fingerprint density at radius 2 is 2.04 bits per heavy atom. The summed E-state index contributed by atoms with van der Waals surface area (Å²) in [5.41, 5.74) is 0.730. The molecular formula is C15H16ClF3N4. The summed E-state index contributed by atoms with van der Waals surface area (Å²) in [6.07, 6.45) is -2.71. The number of rotatable bonds is 2. The van der Waals surface area contributed by atoms with Crippen molar-refractivity contribution in [2.75, 3.05) is 31.1 Å². The highest BCUT2D eigenvalue weighted by atomic mass is 35.5. The second-order valence-electron chi connectivity index (χ2n) is 5.74. The van der Waals surface area contributed by atoms with Gasteiger partial charge < -0.3 is 4.90 Å². The van der Waals surface area contributed by atoms with Gasteiger partial charge in [0.15, 0.2) is 0 Å². The van der Waals surface area contributed by atoms with Crippen molar-refractivity contribution < 1.29 is 13.2 Å². The van der Waals surface area contributed by atoms with Crippen molar-refractivity contribution in [1.82, 2.24) is 14.9 Å². The maximum absolute atomic E-state index is 12.6. The molecule has 1 unspecified atom stereocenters. The SMILES string of the molecule is CC1CN(c2ncnc3cc(Cl)ccc23)CCN1CC(F)(F)F. The van der Waals surface area contributed by atoms with Gasteiger partial charge in [0.05, 0.1) is 12.1 Å². The fraction of sp³-hybridized carbons (Fsp3) is 0.467. The first-order valence-corrected chi connectivity index (χ1v) is 7.67. The molecule has 0 saturated carbocycles. The first kappa shape index (κ1) is 16.3. The van der Waals surface area contributed by atoms with Crippen LogP contribution in [0.25, 0.3) is 10.9 Å². The van der Waals surface area contributed by atoms with E-state index in [2.05, 4.69) is 9.97 Å². The first-order chi connectivity index (χ1) is 10.8. The molecule has 0 amide bonds. The highest BCUT2D eigenvalue weighted by molar-refractivity contribution is 6.31. The third kappa shape index (κ3) is 3.67. The van der Waals surface area contributed by atoms with Crippen LogP contribution in [-0.4, -0.2) is 53.3 Å². The summed E-state index contributed by atoms with van der Waals surface area (Å²) in [4.78, 5) is 12.0. The number of halogens is 4. The number of anilines is 1. The highest BCUT2D eigenvalue weighted by Crippen LogP contribution is 2.28. The molecule has 0 radical (unpaired) electrons. The smallest absolute Gasteiger partial charge is 0.353 e. The van der Waals surface area contributed by atoms with Gasteiger partial charge in [-0.1, -0.05) is 11.6 Å². The van der Waals surface area contributed by atoms with Gasteiger partial charge in [0.2, 0.25) is 0 Å². The second-order valence-corrected chi connectivity index (χ2v) is 6.18. The van der Waals surface area contributed by atoms with Crippen molar-refractivity contribution in [1.29, 1.82) is 0 Å². The van der Waals surface area contributed by atoms with Gasteiger partial charge in [0.1, 0.15) is 12.1 Å². The van der Waals surface area contributed by atoms with E-state index in [1.165, 1.54) is 11.2 Å². The molecule has 2 aromatic rings. The molecule has 1 aromatic carbocycles. The van der Waals surface area contributed by atoms with E-state index in [9.17, 15) is 13.2 Å². The molecule has 2 heterocycles. The van der Waals surface area contributed by atoms with Crippen LogP contribution >= 0.6 is 11.6 Å². The molecule has 1 aliphatic rings. The van der Waals surface area contributed by atoms with Gasteiger partial charge in [-0.25, -0.2) is 9.97 Å². The Morgan fingerprint density at radius 1 is 1.26 bits per heavy atom. The number of benzene rings is 1. The summed E-state index contributed by atoms with van der Waals surface area (Å²) in [7, 11) is 0. The predicted octanol–water partition coefficient (Wildman–Crippen LogP) is 3.36. The van der Waals surface area contributed by atoms with Crippen molar-refractivity contribution in [2.24, 2.45) is 0 Å². The normalized spacial score (nSPS) is 20.2. The van der Waals surface area contributed by atoms with Gasteiger partial charge >= 0.3 is 6.18 Å². The average Bonchev–Trinajstić information content (AvgIpc) is 2.47. The molecule has 0 spiro atoms. The van der Waals surface area contributed by atoms with Gasteiger partial charge in [-0.15, -0.1) is 0 Å².